The number of hydrogen-bond donors (Lipinski definition) is 1. The molecule has 0 radical (unpaired) electrons. The summed E-state index contributed by atoms with van der Waals surface area (Å²) in [6.45, 7) is 1.26. The Kier molecular flexibility index (Phi) is 4.53. The van der Waals surface area contributed by atoms with Crippen LogP contribution in [-0.2, 0) is 6.18 Å². The molecule has 0 fully saturated rings. The normalized spacial score (nSPS) is 13.7. The van der Waals surface area contributed by atoms with Gasteiger partial charge in [0.2, 0.25) is 0 Å². The molecule has 1 unspecified atom stereocenters. The first-order chi connectivity index (χ1) is 9.09. The summed E-state index contributed by atoms with van der Waals surface area (Å²) in [5.41, 5.74) is -2.23. The summed E-state index contributed by atoms with van der Waals surface area (Å²) >= 11 is 0. The number of hydrogen-bond acceptors (Lipinski definition) is 2. The largest absolute Gasteiger partial charge is 0.417 e. The average molecular weight is 296 g/mol. The van der Waals surface area contributed by atoms with Gasteiger partial charge in [-0.15, -0.1) is 0 Å². The highest BCUT2D eigenvalue weighted by Crippen LogP contribution is 2.34. The second-order valence-electron chi connectivity index (χ2n) is 4.02. The summed E-state index contributed by atoms with van der Waals surface area (Å²) in [6.07, 6.45) is -9.70. The van der Waals surface area contributed by atoms with Crippen LogP contribution in [0.5, 0.6) is 0 Å². The van der Waals surface area contributed by atoms with Crippen LogP contribution in [0, 0.1) is 11.3 Å². The Hall–Kier alpha value is -1.91. The molecule has 0 aliphatic heterocycles. The summed E-state index contributed by atoms with van der Waals surface area (Å²) in [5.74, 6) is 0. The van der Waals surface area contributed by atoms with Gasteiger partial charge in [0.1, 0.15) is 6.04 Å². The van der Waals surface area contributed by atoms with E-state index in [0.29, 0.717) is 6.07 Å². The van der Waals surface area contributed by atoms with Crippen molar-refractivity contribution in [1.82, 2.24) is 0 Å². The zero-order chi connectivity index (χ0) is 15.6. The van der Waals surface area contributed by atoms with E-state index in [4.69, 9.17) is 5.26 Å². The number of alkyl halides is 6. The lowest BCUT2D eigenvalue weighted by atomic mass is 10.1. The average Bonchev–Trinajstić information content (AvgIpc) is 2.33. The smallest absolute Gasteiger partial charge is 0.374 e. The second kappa shape index (κ2) is 5.61. The van der Waals surface area contributed by atoms with Crippen LogP contribution in [0.25, 0.3) is 0 Å². The number of halogens is 6. The summed E-state index contributed by atoms with van der Waals surface area (Å²) in [5, 5.41) is 10.6. The van der Waals surface area contributed by atoms with E-state index in [2.05, 4.69) is 0 Å². The quantitative estimate of drug-likeness (QED) is 0.843. The van der Waals surface area contributed by atoms with Crippen molar-refractivity contribution in [2.24, 2.45) is 0 Å². The maximum atomic E-state index is 12.7. The van der Waals surface area contributed by atoms with Crippen molar-refractivity contribution in [3.63, 3.8) is 0 Å². The molecule has 0 heterocycles. The molecule has 1 atom stereocenters. The number of benzene rings is 1. The van der Waals surface area contributed by atoms with Gasteiger partial charge in [0.15, 0.2) is 0 Å². The first-order valence-corrected chi connectivity index (χ1v) is 5.54. The zero-order valence-electron chi connectivity index (χ0n) is 10.2. The van der Waals surface area contributed by atoms with Crippen molar-refractivity contribution in [2.75, 3.05) is 5.32 Å². The summed E-state index contributed by atoms with van der Waals surface area (Å²) < 4.78 is 75.6. The first kappa shape index (κ1) is 16.1. The third-order valence-electron chi connectivity index (χ3n) is 2.59. The van der Waals surface area contributed by atoms with Gasteiger partial charge >= 0.3 is 12.4 Å². The van der Waals surface area contributed by atoms with Crippen LogP contribution in [0.4, 0.5) is 32.0 Å². The molecule has 1 N–H and O–H groups in total. The number of nitrogens with one attached hydrogen (secondary N) is 1. The Morgan fingerprint density at radius 2 is 1.80 bits per heavy atom. The van der Waals surface area contributed by atoms with E-state index < -0.39 is 29.5 Å². The zero-order valence-corrected chi connectivity index (χ0v) is 10.2. The summed E-state index contributed by atoms with van der Waals surface area (Å²) in [4.78, 5) is 0. The monoisotopic (exact) mass is 296 g/mol. The van der Waals surface area contributed by atoms with Crippen molar-refractivity contribution in [2.45, 2.75) is 31.7 Å². The molecule has 1 rings (SSSR count). The van der Waals surface area contributed by atoms with E-state index in [1.54, 1.807) is 0 Å². The van der Waals surface area contributed by atoms with Gasteiger partial charge in [-0.2, -0.15) is 31.6 Å². The molecule has 110 valence electrons. The fraction of sp³-hybridized carbons (Fsp3) is 0.417. The number of nitrogens with zero attached hydrogens (tertiary/aromatic N) is 1. The lowest BCUT2D eigenvalue weighted by Crippen LogP contribution is -2.35. The van der Waals surface area contributed by atoms with E-state index in [9.17, 15) is 26.3 Å². The Bertz CT molecular complexity index is 512. The molecule has 20 heavy (non-hydrogen) atoms. The molecule has 0 spiro atoms. The molecule has 0 aliphatic carbocycles. The van der Waals surface area contributed by atoms with Gasteiger partial charge in [-0.05, 0) is 24.6 Å². The highest BCUT2D eigenvalue weighted by atomic mass is 19.4. The summed E-state index contributed by atoms with van der Waals surface area (Å²) in [7, 11) is 0. The highest BCUT2D eigenvalue weighted by Gasteiger charge is 2.39. The molecule has 0 aromatic heterocycles. The van der Waals surface area contributed by atoms with Crippen LogP contribution in [-0.4, -0.2) is 12.2 Å². The van der Waals surface area contributed by atoms with Gasteiger partial charge in [-0.3, -0.25) is 0 Å². The van der Waals surface area contributed by atoms with Crippen molar-refractivity contribution in [3.8, 4) is 6.07 Å². The third-order valence-corrected chi connectivity index (χ3v) is 2.59. The predicted molar refractivity (Wildman–Crippen MR) is 59.9 cm³/mol. The van der Waals surface area contributed by atoms with Crippen LogP contribution in [0.1, 0.15) is 24.5 Å². The standard InChI is InChI=1S/C12H10F6N2/c1-2-10(12(16,17)18)20-8-4-3-7(6-19)9(5-8)11(13,14)15/h3-5,10,20H,2H2,1H3. The summed E-state index contributed by atoms with van der Waals surface area (Å²) in [6, 6.07) is 1.77. The molecule has 0 amide bonds. The second-order valence-corrected chi connectivity index (χ2v) is 4.02. The first-order valence-electron chi connectivity index (χ1n) is 5.54. The number of nitriles is 1. The fourth-order valence-electron chi connectivity index (χ4n) is 1.58. The molecule has 0 saturated heterocycles. The maximum Gasteiger partial charge on any atom is 0.417 e. The van der Waals surface area contributed by atoms with Crippen LogP contribution in [0.2, 0.25) is 0 Å². The minimum atomic E-state index is -4.80. The van der Waals surface area contributed by atoms with Gasteiger partial charge in [0.05, 0.1) is 17.2 Å². The van der Waals surface area contributed by atoms with E-state index in [1.807, 2.05) is 5.32 Å². The topological polar surface area (TPSA) is 35.8 Å². The Labute approximate surface area is 111 Å². The molecule has 0 saturated carbocycles. The fourth-order valence-corrected chi connectivity index (χ4v) is 1.58. The molecule has 1 aromatic carbocycles. The van der Waals surface area contributed by atoms with E-state index in [1.165, 1.54) is 13.0 Å². The molecule has 8 heteroatoms. The highest BCUT2D eigenvalue weighted by molar-refractivity contribution is 5.53. The predicted octanol–water partition coefficient (Wildman–Crippen LogP) is 4.33. The van der Waals surface area contributed by atoms with E-state index >= 15 is 0 Å². The lowest BCUT2D eigenvalue weighted by molar-refractivity contribution is -0.142. The van der Waals surface area contributed by atoms with Gasteiger partial charge in [-0.25, -0.2) is 0 Å². The molecule has 2 nitrogen and oxygen atoms in total. The molecule has 0 bridgehead atoms. The van der Waals surface area contributed by atoms with Crippen LogP contribution in [0.15, 0.2) is 18.2 Å². The van der Waals surface area contributed by atoms with Crippen LogP contribution >= 0.6 is 0 Å². The van der Waals surface area contributed by atoms with Crippen LogP contribution < -0.4 is 5.32 Å². The number of anilines is 1. The Morgan fingerprint density at radius 3 is 2.20 bits per heavy atom. The van der Waals surface area contributed by atoms with Gasteiger partial charge in [0, 0.05) is 5.69 Å². The minimum absolute atomic E-state index is 0.329. The minimum Gasteiger partial charge on any atom is -0.374 e. The SMILES string of the molecule is CCC(Nc1ccc(C#N)c(C(F)(F)F)c1)C(F)(F)F. The Morgan fingerprint density at radius 1 is 1.20 bits per heavy atom. The van der Waals surface area contributed by atoms with Crippen molar-refractivity contribution in [1.29, 1.82) is 5.26 Å². The number of rotatable bonds is 3. The van der Waals surface area contributed by atoms with Gasteiger partial charge < -0.3 is 5.32 Å². The maximum absolute atomic E-state index is 12.7. The molecule has 0 aliphatic rings. The van der Waals surface area contributed by atoms with E-state index in [-0.39, 0.29) is 12.1 Å². The Balaban J connectivity index is 3.14. The molecular weight excluding hydrogens is 286 g/mol. The van der Waals surface area contributed by atoms with E-state index in [0.717, 1.165) is 12.1 Å². The van der Waals surface area contributed by atoms with Gasteiger partial charge in [0.25, 0.3) is 0 Å². The van der Waals surface area contributed by atoms with Crippen molar-refractivity contribution < 1.29 is 26.3 Å². The molecular formula is C12H10F6N2. The van der Waals surface area contributed by atoms with Gasteiger partial charge in [-0.1, -0.05) is 6.92 Å². The third kappa shape index (κ3) is 3.79. The van der Waals surface area contributed by atoms with Crippen molar-refractivity contribution in [3.05, 3.63) is 29.3 Å². The lowest BCUT2D eigenvalue weighted by Gasteiger charge is -2.22. The van der Waals surface area contributed by atoms with Crippen molar-refractivity contribution >= 4 is 5.69 Å². The van der Waals surface area contributed by atoms with Crippen LogP contribution in [0.3, 0.4) is 0 Å². The molecule has 1 aromatic rings.